The lowest BCUT2D eigenvalue weighted by Gasteiger charge is -2.19. The van der Waals surface area contributed by atoms with E-state index >= 15 is 0 Å². The molecule has 4 rings (SSSR count). The number of aromatic nitrogens is 5. The number of H-pyrrole nitrogens is 1. The second-order valence-electron chi connectivity index (χ2n) is 5.05. The van der Waals surface area contributed by atoms with Gasteiger partial charge in [-0.25, -0.2) is 4.98 Å². The average Bonchev–Trinajstić information content (AvgIpc) is 3.16. The number of nitrogens with one attached hydrogen (secondary N) is 2. The van der Waals surface area contributed by atoms with Gasteiger partial charge in [-0.05, 0) is 11.6 Å². The summed E-state index contributed by atoms with van der Waals surface area (Å²) < 4.78 is 5.39. The molecule has 0 saturated heterocycles. The molecule has 0 aromatic carbocycles. The fourth-order valence-corrected chi connectivity index (χ4v) is 2.51. The highest BCUT2D eigenvalue weighted by molar-refractivity contribution is 5.18. The van der Waals surface area contributed by atoms with Gasteiger partial charge >= 0.3 is 0 Å². The standard InChI is InChI=1S/C14H14N6O/c1-2-9(6-15-3-1)4-13-19-14(21-20-13)11-5-10-12(7-16-11)18-8-17-10/h1-3,6,8,11,16H,4-5,7H2,(H,17,18). The first kappa shape index (κ1) is 12.2. The van der Waals surface area contributed by atoms with Gasteiger partial charge in [0.15, 0.2) is 5.82 Å². The molecule has 4 heterocycles. The second-order valence-corrected chi connectivity index (χ2v) is 5.05. The van der Waals surface area contributed by atoms with Gasteiger partial charge in [-0.3, -0.25) is 10.3 Å². The Morgan fingerprint density at radius 2 is 2.38 bits per heavy atom. The normalized spacial score (nSPS) is 17.6. The monoisotopic (exact) mass is 282 g/mol. The van der Waals surface area contributed by atoms with Crippen molar-refractivity contribution in [2.24, 2.45) is 0 Å². The number of aromatic amines is 1. The maximum absolute atomic E-state index is 5.39. The van der Waals surface area contributed by atoms with Crippen LogP contribution in [0, 0.1) is 0 Å². The van der Waals surface area contributed by atoms with Crippen molar-refractivity contribution >= 4 is 0 Å². The lowest BCUT2D eigenvalue weighted by Crippen LogP contribution is -2.28. The molecule has 0 amide bonds. The van der Waals surface area contributed by atoms with Crippen molar-refractivity contribution in [2.45, 2.75) is 25.4 Å². The van der Waals surface area contributed by atoms with Crippen molar-refractivity contribution in [3.63, 3.8) is 0 Å². The molecule has 7 heteroatoms. The Hall–Kier alpha value is -2.54. The molecule has 3 aromatic heterocycles. The quantitative estimate of drug-likeness (QED) is 0.749. The minimum Gasteiger partial charge on any atom is -0.347 e. The molecule has 1 unspecified atom stereocenters. The van der Waals surface area contributed by atoms with E-state index in [1.54, 1.807) is 12.5 Å². The van der Waals surface area contributed by atoms with E-state index in [1.807, 2.05) is 18.3 Å². The van der Waals surface area contributed by atoms with Crippen LogP contribution in [0.2, 0.25) is 0 Å². The summed E-state index contributed by atoms with van der Waals surface area (Å²) in [6.45, 7) is 0.736. The fraction of sp³-hybridized carbons (Fsp3) is 0.286. The summed E-state index contributed by atoms with van der Waals surface area (Å²) in [5, 5.41) is 7.42. The zero-order chi connectivity index (χ0) is 14.1. The molecule has 106 valence electrons. The van der Waals surface area contributed by atoms with E-state index < -0.39 is 0 Å². The van der Waals surface area contributed by atoms with Gasteiger partial charge in [-0.15, -0.1) is 0 Å². The summed E-state index contributed by atoms with van der Waals surface area (Å²) in [7, 11) is 0. The summed E-state index contributed by atoms with van der Waals surface area (Å²) in [4.78, 5) is 16.0. The van der Waals surface area contributed by atoms with E-state index in [1.165, 1.54) is 0 Å². The number of fused-ring (bicyclic) bond motifs is 1. The SMILES string of the molecule is c1cncc(Cc2noc(C3Cc4nc[nH]c4CN3)n2)c1. The molecule has 0 fully saturated rings. The third kappa shape index (κ3) is 2.43. The number of hydrogen-bond donors (Lipinski definition) is 2. The van der Waals surface area contributed by atoms with E-state index in [2.05, 4.69) is 30.4 Å². The van der Waals surface area contributed by atoms with Crippen LogP contribution in [-0.4, -0.2) is 25.1 Å². The maximum Gasteiger partial charge on any atom is 0.244 e. The van der Waals surface area contributed by atoms with Gasteiger partial charge in [0.25, 0.3) is 0 Å². The molecule has 1 aliphatic rings. The van der Waals surface area contributed by atoms with Crippen LogP contribution in [0.15, 0.2) is 35.4 Å². The predicted octanol–water partition coefficient (Wildman–Crippen LogP) is 1.17. The summed E-state index contributed by atoms with van der Waals surface area (Å²) in [5.74, 6) is 1.29. The third-order valence-electron chi connectivity index (χ3n) is 3.60. The summed E-state index contributed by atoms with van der Waals surface area (Å²) in [6.07, 6.45) is 6.66. The molecule has 7 nitrogen and oxygen atoms in total. The minimum atomic E-state index is 0.0240. The number of pyridine rings is 1. The Labute approximate surface area is 120 Å². The molecule has 0 radical (unpaired) electrons. The van der Waals surface area contributed by atoms with Gasteiger partial charge < -0.3 is 9.51 Å². The maximum atomic E-state index is 5.39. The van der Waals surface area contributed by atoms with Crippen LogP contribution in [0.3, 0.4) is 0 Å². The van der Waals surface area contributed by atoms with Crippen molar-refractivity contribution < 1.29 is 4.52 Å². The Morgan fingerprint density at radius 3 is 3.29 bits per heavy atom. The summed E-state index contributed by atoms with van der Waals surface area (Å²) in [5.41, 5.74) is 3.25. The van der Waals surface area contributed by atoms with Gasteiger partial charge in [0.1, 0.15) is 0 Å². The van der Waals surface area contributed by atoms with Crippen LogP contribution in [0.5, 0.6) is 0 Å². The first-order valence-corrected chi connectivity index (χ1v) is 6.84. The van der Waals surface area contributed by atoms with Crippen LogP contribution in [0.1, 0.15) is 34.7 Å². The smallest absolute Gasteiger partial charge is 0.244 e. The van der Waals surface area contributed by atoms with E-state index in [-0.39, 0.29) is 6.04 Å². The van der Waals surface area contributed by atoms with Gasteiger partial charge in [0.2, 0.25) is 5.89 Å². The molecule has 2 N–H and O–H groups in total. The Balaban J connectivity index is 1.50. The van der Waals surface area contributed by atoms with Crippen molar-refractivity contribution in [3.05, 3.63) is 59.5 Å². The van der Waals surface area contributed by atoms with Crippen molar-refractivity contribution in [3.8, 4) is 0 Å². The zero-order valence-corrected chi connectivity index (χ0v) is 11.3. The van der Waals surface area contributed by atoms with Crippen molar-refractivity contribution in [2.75, 3.05) is 0 Å². The van der Waals surface area contributed by atoms with Crippen LogP contribution < -0.4 is 5.32 Å². The third-order valence-corrected chi connectivity index (χ3v) is 3.60. The molecular weight excluding hydrogens is 268 g/mol. The first-order chi connectivity index (χ1) is 10.4. The molecule has 0 saturated carbocycles. The Kier molecular flexibility index (Phi) is 2.97. The molecule has 1 atom stereocenters. The highest BCUT2D eigenvalue weighted by Gasteiger charge is 2.25. The predicted molar refractivity (Wildman–Crippen MR) is 73.2 cm³/mol. The summed E-state index contributed by atoms with van der Waals surface area (Å²) in [6, 6.07) is 3.92. The highest BCUT2D eigenvalue weighted by Crippen LogP contribution is 2.22. The van der Waals surface area contributed by atoms with Crippen LogP contribution >= 0.6 is 0 Å². The molecular formula is C14H14N6O. The minimum absolute atomic E-state index is 0.0240. The number of imidazole rings is 1. The Bertz CT molecular complexity index is 735. The molecule has 1 aliphatic heterocycles. The molecule has 0 bridgehead atoms. The topological polar surface area (TPSA) is 92.5 Å². The van der Waals surface area contributed by atoms with Crippen LogP contribution in [-0.2, 0) is 19.4 Å². The summed E-state index contributed by atoms with van der Waals surface area (Å²) >= 11 is 0. The fourth-order valence-electron chi connectivity index (χ4n) is 2.51. The molecule has 0 aliphatic carbocycles. The van der Waals surface area contributed by atoms with Gasteiger partial charge in [-0.1, -0.05) is 11.2 Å². The second kappa shape index (κ2) is 5.10. The van der Waals surface area contributed by atoms with E-state index in [4.69, 9.17) is 4.52 Å². The molecule has 21 heavy (non-hydrogen) atoms. The average molecular weight is 282 g/mol. The largest absolute Gasteiger partial charge is 0.347 e. The zero-order valence-electron chi connectivity index (χ0n) is 11.3. The molecule has 0 spiro atoms. The number of hydrogen-bond acceptors (Lipinski definition) is 6. The van der Waals surface area contributed by atoms with Gasteiger partial charge in [0, 0.05) is 31.8 Å². The lowest BCUT2D eigenvalue weighted by molar-refractivity contribution is 0.317. The van der Waals surface area contributed by atoms with E-state index in [0.717, 1.165) is 29.9 Å². The van der Waals surface area contributed by atoms with E-state index in [9.17, 15) is 0 Å². The molecule has 3 aromatic rings. The van der Waals surface area contributed by atoms with Gasteiger partial charge in [-0.2, -0.15) is 4.98 Å². The van der Waals surface area contributed by atoms with Gasteiger partial charge in [0.05, 0.1) is 23.8 Å². The first-order valence-electron chi connectivity index (χ1n) is 6.84. The van der Waals surface area contributed by atoms with Crippen LogP contribution in [0.25, 0.3) is 0 Å². The van der Waals surface area contributed by atoms with Crippen LogP contribution in [0.4, 0.5) is 0 Å². The van der Waals surface area contributed by atoms with Crippen molar-refractivity contribution in [1.82, 2.24) is 30.4 Å². The van der Waals surface area contributed by atoms with Crippen molar-refractivity contribution in [1.29, 1.82) is 0 Å². The number of rotatable bonds is 3. The number of nitrogens with zero attached hydrogens (tertiary/aromatic N) is 4. The highest BCUT2D eigenvalue weighted by atomic mass is 16.5. The van der Waals surface area contributed by atoms with E-state index in [0.29, 0.717) is 18.1 Å². The lowest BCUT2D eigenvalue weighted by atomic mass is 10.1. The Morgan fingerprint density at radius 1 is 1.38 bits per heavy atom.